The molecule has 0 amide bonds. The molecule has 1 saturated heterocycles. The van der Waals surface area contributed by atoms with Crippen LogP contribution in [0.1, 0.15) is 40.5 Å². The molecule has 1 heterocycles. The molecule has 2 unspecified atom stereocenters. The van der Waals surface area contributed by atoms with Gasteiger partial charge in [-0.25, -0.2) is 0 Å². The first-order valence-electron chi connectivity index (χ1n) is 6.27. The average Bonchev–Trinajstić information content (AvgIpc) is 2.18. The van der Waals surface area contributed by atoms with Crippen LogP contribution in [-0.2, 0) is 0 Å². The van der Waals surface area contributed by atoms with Crippen LogP contribution in [0.2, 0.25) is 0 Å². The molecule has 3 atom stereocenters. The second-order valence-corrected chi connectivity index (χ2v) is 6.07. The van der Waals surface area contributed by atoms with Crippen molar-refractivity contribution < 1.29 is 0 Å². The van der Waals surface area contributed by atoms with Gasteiger partial charge in [0.25, 0.3) is 0 Å². The summed E-state index contributed by atoms with van der Waals surface area (Å²) in [4.78, 5) is 0. The van der Waals surface area contributed by atoms with Gasteiger partial charge in [0.15, 0.2) is 0 Å². The van der Waals surface area contributed by atoms with Crippen LogP contribution in [0.3, 0.4) is 0 Å². The van der Waals surface area contributed by atoms with Gasteiger partial charge in [-0.15, -0.1) is 0 Å². The third-order valence-electron chi connectivity index (χ3n) is 5.12. The summed E-state index contributed by atoms with van der Waals surface area (Å²) in [7, 11) is 0. The molecular weight excluding hydrogens is 170 g/mol. The van der Waals surface area contributed by atoms with Crippen LogP contribution >= 0.6 is 0 Å². The van der Waals surface area contributed by atoms with Gasteiger partial charge in [0.05, 0.1) is 0 Å². The molecule has 1 saturated carbocycles. The van der Waals surface area contributed by atoms with E-state index in [1.165, 1.54) is 25.9 Å². The number of hydrogen-bond acceptors (Lipinski definition) is 1. The molecule has 0 aromatic carbocycles. The van der Waals surface area contributed by atoms with Gasteiger partial charge in [0, 0.05) is 0 Å². The van der Waals surface area contributed by atoms with Crippen molar-refractivity contribution in [2.45, 2.75) is 40.5 Å². The minimum absolute atomic E-state index is 0.683. The zero-order valence-corrected chi connectivity index (χ0v) is 10.1. The van der Waals surface area contributed by atoms with Gasteiger partial charge >= 0.3 is 0 Å². The second-order valence-electron chi connectivity index (χ2n) is 6.07. The zero-order valence-electron chi connectivity index (χ0n) is 10.1. The van der Waals surface area contributed by atoms with Gasteiger partial charge in [-0.1, -0.05) is 27.7 Å². The maximum atomic E-state index is 3.62. The van der Waals surface area contributed by atoms with Gasteiger partial charge in [-0.05, 0) is 55.0 Å². The van der Waals surface area contributed by atoms with E-state index in [0.717, 1.165) is 23.7 Å². The lowest BCUT2D eigenvalue weighted by atomic mass is 9.50. The fourth-order valence-corrected chi connectivity index (χ4v) is 3.93. The van der Waals surface area contributed by atoms with Crippen molar-refractivity contribution in [3.05, 3.63) is 0 Å². The molecule has 1 N–H and O–H groups in total. The molecule has 2 rings (SSSR count). The molecule has 0 aromatic heterocycles. The maximum Gasteiger partial charge on any atom is -0.00176 e. The van der Waals surface area contributed by atoms with Crippen LogP contribution in [0, 0.1) is 29.1 Å². The molecule has 0 bridgehead atoms. The smallest absolute Gasteiger partial charge is 0.00176 e. The zero-order chi connectivity index (χ0) is 10.3. The predicted molar refractivity (Wildman–Crippen MR) is 61.2 cm³/mol. The van der Waals surface area contributed by atoms with Gasteiger partial charge in [-0.3, -0.25) is 0 Å². The molecule has 1 heteroatoms. The van der Waals surface area contributed by atoms with E-state index >= 15 is 0 Å². The molecule has 1 spiro atoms. The Hall–Kier alpha value is -0.0400. The first kappa shape index (κ1) is 10.5. The molecule has 0 radical (unpaired) electrons. The third-order valence-corrected chi connectivity index (χ3v) is 5.12. The maximum absolute atomic E-state index is 3.62. The number of rotatable bonds is 0. The van der Waals surface area contributed by atoms with Crippen molar-refractivity contribution in [3.8, 4) is 0 Å². The highest BCUT2D eigenvalue weighted by atomic mass is 14.9. The van der Waals surface area contributed by atoms with Gasteiger partial charge < -0.3 is 5.32 Å². The molecule has 1 aliphatic carbocycles. The van der Waals surface area contributed by atoms with Crippen LogP contribution in [0.15, 0.2) is 0 Å². The monoisotopic (exact) mass is 195 g/mol. The number of nitrogens with one attached hydrogen (secondary N) is 1. The molecule has 14 heavy (non-hydrogen) atoms. The van der Waals surface area contributed by atoms with Gasteiger partial charge in [0.1, 0.15) is 0 Å². The Kier molecular flexibility index (Phi) is 2.63. The second kappa shape index (κ2) is 3.52. The Morgan fingerprint density at radius 1 is 1.00 bits per heavy atom. The van der Waals surface area contributed by atoms with E-state index < -0.39 is 0 Å². The Labute approximate surface area is 88.7 Å². The largest absolute Gasteiger partial charge is 0.316 e. The van der Waals surface area contributed by atoms with Crippen molar-refractivity contribution in [2.24, 2.45) is 29.1 Å². The van der Waals surface area contributed by atoms with Crippen LogP contribution in [-0.4, -0.2) is 13.1 Å². The summed E-state index contributed by atoms with van der Waals surface area (Å²) in [6.07, 6.45) is 2.95. The first-order valence-corrected chi connectivity index (χ1v) is 6.27. The van der Waals surface area contributed by atoms with Crippen LogP contribution in [0.25, 0.3) is 0 Å². The SMILES string of the molecule is CC1CC2(C1)C(C)C(C)CNC[C@H]2C. The Morgan fingerprint density at radius 2 is 1.64 bits per heavy atom. The van der Waals surface area contributed by atoms with Crippen LogP contribution in [0.5, 0.6) is 0 Å². The summed E-state index contributed by atoms with van der Waals surface area (Å²) < 4.78 is 0. The summed E-state index contributed by atoms with van der Waals surface area (Å²) in [6, 6.07) is 0. The fraction of sp³-hybridized carbons (Fsp3) is 1.00. The Morgan fingerprint density at radius 3 is 2.21 bits per heavy atom. The summed E-state index contributed by atoms with van der Waals surface area (Å²) in [5, 5.41) is 3.62. The predicted octanol–water partition coefficient (Wildman–Crippen LogP) is 2.91. The highest BCUT2D eigenvalue weighted by Gasteiger charge is 2.51. The Balaban J connectivity index is 2.17. The topological polar surface area (TPSA) is 12.0 Å². The fourth-order valence-electron chi connectivity index (χ4n) is 3.93. The van der Waals surface area contributed by atoms with Crippen molar-refractivity contribution in [2.75, 3.05) is 13.1 Å². The quantitative estimate of drug-likeness (QED) is 0.626. The van der Waals surface area contributed by atoms with Crippen molar-refractivity contribution in [1.29, 1.82) is 0 Å². The van der Waals surface area contributed by atoms with Gasteiger partial charge in [-0.2, -0.15) is 0 Å². The molecular formula is C13H25N. The lowest BCUT2D eigenvalue weighted by molar-refractivity contribution is -0.0515. The third kappa shape index (κ3) is 1.41. The lowest BCUT2D eigenvalue weighted by Gasteiger charge is -2.55. The van der Waals surface area contributed by atoms with Crippen molar-refractivity contribution in [3.63, 3.8) is 0 Å². The van der Waals surface area contributed by atoms with E-state index in [1.54, 1.807) is 0 Å². The molecule has 82 valence electrons. The molecule has 2 fully saturated rings. The summed E-state index contributed by atoms with van der Waals surface area (Å²) in [5.74, 6) is 3.61. The normalized spacial score (nSPS) is 54.0. The van der Waals surface area contributed by atoms with Crippen molar-refractivity contribution in [1.82, 2.24) is 5.32 Å². The minimum Gasteiger partial charge on any atom is -0.316 e. The van der Waals surface area contributed by atoms with E-state index in [0.29, 0.717) is 5.41 Å². The minimum atomic E-state index is 0.683. The van der Waals surface area contributed by atoms with E-state index in [4.69, 9.17) is 0 Å². The lowest BCUT2D eigenvalue weighted by Crippen LogP contribution is -2.48. The highest BCUT2D eigenvalue weighted by molar-refractivity contribution is 5.01. The van der Waals surface area contributed by atoms with Crippen molar-refractivity contribution >= 4 is 0 Å². The number of hydrogen-bond donors (Lipinski definition) is 1. The van der Waals surface area contributed by atoms with E-state index in [2.05, 4.69) is 33.0 Å². The van der Waals surface area contributed by atoms with Crippen LogP contribution < -0.4 is 5.32 Å². The Bertz CT molecular complexity index is 205. The molecule has 0 aromatic rings. The summed E-state index contributed by atoms with van der Waals surface area (Å²) in [6.45, 7) is 12.2. The van der Waals surface area contributed by atoms with Gasteiger partial charge in [0.2, 0.25) is 0 Å². The summed E-state index contributed by atoms with van der Waals surface area (Å²) in [5.41, 5.74) is 0.683. The van der Waals surface area contributed by atoms with E-state index in [9.17, 15) is 0 Å². The average molecular weight is 195 g/mol. The van der Waals surface area contributed by atoms with E-state index in [1.807, 2.05) is 0 Å². The molecule has 1 nitrogen and oxygen atoms in total. The first-order chi connectivity index (χ1) is 6.56. The molecule has 2 aliphatic rings. The standard InChI is InChI=1S/C13H25N/c1-9-5-13(6-9)11(3)8-14-7-10(2)12(13)4/h9-12,14H,5-8H2,1-4H3/t9?,10?,11-,12?,13?/m1/s1. The summed E-state index contributed by atoms with van der Waals surface area (Å²) >= 11 is 0. The molecule has 1 aliphatic heterocycles. The van der Waals surface area contributed by atoms with E-state index in [-0.39, 0.29) is 0 Å². The highest BCUT2D eigenvalue weighted by Crippen LogP contribution is 2.57. The van der Waals surface area contributed by atoms with Crippen LogP contribution in [0.4, 0.5) is 0 Å².